The van der Waals surface area contributed by atoms with Crippen molar-refractivity contribution >= 4 is 5.65 Å². The largest absolute Gasteiger partial charge is 0.419 e. The highest BCUT2D eigenvalue weighted by molar-refractivity contribution is 5.50. The van der Waals surface area contributed by atoms with Gasteiger partial charge in [-0.3, -0.25) is 0 Å². The van der Waals surface area contributed by atoms with Crippen LogP contribution < -0.4 is 0 Å². The minimum absolute atomic E-state index is 0.186. The molecule has 0 fully saturated rings. The number of alkyl halides is 3. The minimum Gasteiger partial charge on any atom is -0.390 e. The molecule has 2 aromatic heterocycles. The van der Waals surface area contributed by atoms with Crippen LogP contribution in [0.15, 0.2) is 24.5 Å². The van der Waals surface area contributed by atoms with Crippen LogP contribution in [0.25, 0.3) is 5.65 Å². The second-order valence-electron chi connectivity index (χ2n) is 3.02. The van der Waals surface area contributed by atoms with Gasteiger partial charge in [-0.05, 0) is 12.1 Å². The number of fused-ring (bicyclic) bond motifs is 1. The van der Waals surface area contributed by atoms with Gasteiger partial charge in [0.1, 0.15) is 5.65 Å². The van der Waals surface area contributed by atoms with E-state index >= 15 is 0 Å². The van der Waals surface area contributed by atoms with E-state index in [4.69, 9.17) is 5.11 Å². The second kappa shape index (κ2) is 3.23. The van der Waals surface area contributed by atoms with Crippen LogP contribution in [0.2, 0.25) is 0 Å². The molecule has 0 bridgehead atoms. The minimum atomic E-state index is -4.43. The van der Waals surface area contributed by atoms with E-state index in [9.17, 15) is 13.2 Å². The first kappa shape index (κ1) is 9.97. The molecular formula is C9H7F3N2O. The Morgan fingerprint density at radius 3 is 2.73 bits per heavy atom. The molecule has 6 heteroatoms. The van der Waals surface area contributed by atoms with Crippen molar-refractivity contribution in [3.8, 4) is 0 Å². The van der Waals surface area contributed by atoms with Gasteiger partial charge in [0.2, 0.25) is 0 Å². The molecule has 0 radical (unpaired) electrons. The molecule has 2 rings (SSSR count). The maximum absolute atomic E-state index is 12.5. The number of aliphatic hydroxyl groups is 1. The highest BCUT2D eigenvalue weighted by atomic mass is 19.4. The fourth-order valence-electron chi connectivity index (χ4n) is 1.40. The van der Waals surface area contributed by atoms with E-state index in [1.807, 2.05) is 0 Å². The smallest absolute Gasteiger partial charge is 0.390 e. The average Bonchev–Trinajstić information content (AvgIpc) is 2.58. The van der Waals surface area contributed by atoms with Gasteiger partial charge in [0, 0.05) is 6.20 Å². The van der Waals surface area contributed by atoms with Crippen molar-refractivity contribution < 1.29 is 18.3 Å². The Kier molecular flexibility index (Phi) is 2.15. The summed E-state index contributed by atoms with van der Waals surface area (Å²) in [5.41, 5.74) is -0.658. The molecule has 0 spiro atoms. The molecule has 80 valence electrons. The van der Waals surface area contributed by atoms with E-state index in [-0.39, 0.29) is 12.3 Å². The molecule has 0 aliphatic carbocycles. The van der Waals surface area contributed by atoms with Gasteiger partial charge >= 0.3 is 6.18 Å². The summed E-state index contributed by atoms with van der Waals surface area (Å²) in [6, 6.07) is 2.24. The van der Waals surface area contributed by atoms with Gasteiger partial charge < -0.3 is 9.51 Å². The summed E-state index contributed by atoms with van der Waals surface area (Å²) in [4.78, 5) is 3.64. The van der Waals surface area contributed by atoms with Crippen LogP contribution in [0.1, 0.15) is 11.3 Å². The number of rotatable bonds is 1. The highest BCUT2D eigenvalue weighted by Crippen LogP contribution is 2.31. The molecule has 0 amide bonds. The average molecular weight is 216 g/mol. The quantitative estimate of drug-likeness (QED) is 0.789. The molecule has 0 aliphatic heterocycles. The number of hydrogen-bond donors (Lipinski definition) is 1. The van der Waals surface area contributed by atoms with Crippen LogP contribution in [-0.2, 0) is 12.8 Å². The molecule has 0 atom stereocenters. The Hall–Kier alpha value is -1.56. The number of nitrogens with zero attached hydrogens (tertiary/aromatic N) is 2. The molecular weight excluding hydrogens is 209 g/mol. The molecule has 2 aromatic rings. The summed E-state index contributed by atoms with van der Waals surface area (Å²) in [6.45, 7) is -0.345. The monoisotopic (exact) mass is 216 g/mol. The summed E-state index contributed by atoms with van der Waals surface area (Å²) >= 11 is 0. The third-order valence-electron chi connectivity index (χ3n) is 2.08. The van der Waals surface area contributed by atoms with Crippen molar-refractivity contribution in [2.45, 2.75) is 12.8 Å². The summed E-state index contributed by atoms with van der Waals surface area (Å²) in [5, 5.41) is 8.88. The first-order valence-corrected chi connectivity index (χ1v) is 4.17. The lowest BCUT2D eigenvalue weighted by Crippen LogP contribution is -2.08. The van der Waals surface area contributed by atoms with Crippen LogP contribution in [0.5, 0.6) is 0 Å². The van der Waals surface area contributed by atoms with Crippen LogP contribution in [0.3, 0.4) is 0 Å². The van der Waals surface area contributed by atoms with Crippen LogP contribution >= 0.6 is 0 Å². The molecule has 0 aromatic carbocycles. The number of aromatic nitrogens is 2. The number of halogens is 3. The summed E-state index contributed by atoms with van der Waals surface area (Å²) < 4.78 is 38.8. The lowest BCUT2D eigenvalue weighted by Gasteiger charge is -2.07. The Balaban J connectivity index is 2.73. The van der Waals surface area contributed by atoms with E-state index in [1.54, 1.807) is 0 Å². The SMILES string of the molecule is OCc1cnc2c(C(F)(F)F)cccn12. The van der Waals surface area contributed by atoms with E-state index in [0.29, 0.717) is 5.69 Å². The molecule has 0 unspecified atom stereocenters. The zero-order valence-corrected chi connectivity index (χ0v) is 7.49. The van der Waals surface area contributed by atoms with Crippen molar-refractivity contribution in [3.63, 3.8) is 0 Å². The fourth-order valence-corrected chi connectivity index (χ4v) is 1.40. The van der Waals surface area contributed by atoms with Gasteiger partial charge in [-0.25, -0.2) is 4.98 Å². The Labute approximate surface area is 82.8 Å². The normalized spacial score (nSPS) is 12.3. The predicted octanol–water partition coefficient (Wildman–Crippen LogP) is 1.85. The standard InChI is InChI=1S/C9H7F3N2O/c10-9(11,12)7-2-1-3-14-6(5-15)4-13-8(7)14/h1-4,15H,5H2. The van der Waals surface area contributed by atoms with Gasteiger partial charge in [0.25, 0.3) is 0 Å². The van der Waals surface area contributed by atoms with Gasteiger partial charge in [-0.15, -0.1) is 0 Å². The van der Waals surface area contributed by atoms with Crippen molar-refractivity contribution in [1.29, 1.82) is 0 Å². The highest BCUT2D eigenvalue weighted by Gasteiger charge is 2.33. The van der Waals surface area contributed by atoms with Crippen molar-refractivity contribution in [3.05, 3.63) is 35.8 Å². The van der Waals surface area contributed by atoms with Gasteiger partial charge in [-0.2, -0.15) is 13.2 Å². The number of hydrogen-bond acceptors (Lipinski definition) is 2. The number of pyridine rings is 1. The van der Waals surface area contributed by atoms with Gasteiger partial charge in [0.15, 0.2) is 0 Å². The molecule has 1 N–H and O–H groups in total. The van der Waals surface area contributed by atoms with E-state index < -0.39 is 11.7 Å². The maximum atomic E-state index is 12.5. The van der Waals surface area contributed by atoms with Gasteiger partial charge in [0.05, 0.1) is 24.1 Å². The zero-order chi connectivity index (χ0) is 11.1. The van der Waals surface area contributed by atoms with Crippen LogP contribution in [-0.4, -0.2) is 14.5 Å². The first-order valence-electron chi connectivity index (χ1n) is 4.17. The lowest BCUT2D eigenvalue weighted by molar-refractivity contribution is -0.136. The van der Waals surface area contributed by atoms with Crippen molar-refractivity contribution in [1.82, 2.24) is 9.38 Å². The Morgan fingerprint density at radius 1 is 1.40 bits per heavy atom. The summed E-state index contributed by atoms with van der Waals surface area (Å²) in [5.74, 6) is 0. The molecule has 15 heavy (non-hydrogen) atoms. The third kappa shape index (κ3) is 1.56. The second-order valence-corrected chi connectivity index (χ2v) is 3.02. The fraction of sp³-hybridized carbons (Fsp3) is 0.222. The van der Waals surface area contributed by atoms with E-state index in [1.165, 1.54) is 22.9 Å². The Bertz CT molecular complexity index is 490. The maximum Gasteiger partial charge on any atom is 0.419 e. The lowest BCUT2D eigenvalue weighted by atomic mass is 10.2. The summed E-state index contributed by atoms with van der Waals surface area (Å²) in [7, 11) is 0. The van der Waals surface area contributed by atoms with E-state index in [2.05, 4.69) is 4.98 Å². The van der Waals surface area contributed by atoms with Crippen LogP contribution in [0.4, 0.5) is 13.2 Å². The number of imidazole rings is 1. The molecule has 0 aliphatic rings. The topological polar surface area (TPSA) is 37.5 Å². The van der Waals surface area contributed by atoms with E-state index in [0.717, 1.165) is 6.07 Å². The number of aliphatic hydroxyl groups excluding tert-OH is 1. The van der Waals surface area contributed by atoms with Crippen molar-refractivity contribution in [2.24, 2.45) is 0 Å². The zero-order valence-electron chi connectivity index (χ0n) is 7.49. The third-order valence-corrected chi connectivity index (χ3v) is 2.08. The molecule has 0 saturated heterocycles. The first-order chi connectivity index (χ1) is 7.04. The summed E-state index contributed by atoms with van der Waals surface area (Å²) in [6.07, 6.45) is -1.77. The molecule has 3 nitrogen and oxygen atoms in total. The van der Waals surface area contributed by atoms with Crippen LogP contribution in [0, 0.1) is 0 Å². The molecule has 0 saturated carbocycles. The Morgan fingerprint density at radius 2 is 2.13 bits per heavy atom. The molecule has 2 heterocycles. The predicted molar refractivity (Wildman–Crippen MR) is 46.1 cm³/mol. The van der Waals surface area contributed by atoms with Gasteiger partial charge in [-0.1, -0.05) is 0 Å². The van der Waals surface area contributed by atoms with Crippen molar-refractivity contribution in [2.75, 3.05) is 0 Å².